The number of nitrogens with one attached hydrogen (secondary N) is 1. The summed E-state index contributed by atoms with van der Waals surface area (Å²) in [6.07, 6.45) is 5.14. The SMILES string of the molecule is CCC(NC(=O)Cc1cn2ccccc2n1)C(C)C. The summed E-state index contributed by atoms with van der Waals surface area (Å²) in [4.78, 5) is 16.4. The highest BCUT2D eigenvalue weighted by Crippen LogP contribution is 2.08. The number of carbonyl (C=O) groups is 1. The number of hydrogen-bond donors (Lipinski definition) is 1. The van der Waals surface area contributed by atoms with Gasteiger partial charge in [-0.05, 0) is 24.5 Å². The number of amides is 1. The molecule has 2 rings (SSSR count). The molecule has 0 aliphatic carbocycles. The highest BCUT2D eigenvalue weighted by atomic mass is 16.1. The fraction of sp³-hybridized carbons (Fsp3) is 0.467. The molecule has 1 atom stereocenters. The van der Waals surface area contributed by atoms with Crippen LogP contribution in [0.15, 0.2) is 30.6 Å². The number of aromatic nitrogens is 2. The molecule has 1 N–H and O–H groups in total. The number of imidazole rings is 1. The normalized spacial score (nSPS) is 12.8. The molecule has 0 bridgehead atoms. The van der Waals surface area contributed by atoms with Crippen LogP contribution in [0.2, 0.25) is 0 Å². The second-order valence-electron chi connectivity index (χ2n) is 5.20. The van der Waals surface area contributed by atoms with E-state index < -0.39 is 0 Å². The Kier molecular flexibility index (Phi) is 4.20. The van der Waals surface area contributed by atoms with Gasteiger partial charge >= 0.3 is 0 Å². The average molecular weight is 259 g/mol. The van der Waals surface area contributed by atoms with Crippen molar-refractivity contribution in [3.8, 4) is 0 Å². The van der Waals surface area contributed by atoms with Crippen LogP contribution in [0.4, 0.5) is 0 Å². The summed E-state index contributed by atoms with van der Waals surface area (Å²) in [5.74, 6) is 0.499. The zero-order valence-corrected chi connectivity index (χ0v) is 11.8. The van der Waals surface area contributed by atoms with E-state index in [1.54, 1.807) is 0 Å². The lowest BCUT2D eigenvalue weighted by atomic mass is 10.0. The number of hydrogen-bond acceptors (Lipinski definition) is 2. The van der Waals surface area contributed by atoms with Crippen LogP contribution in [-0.4, -0.2) is 21.3 Å². The van der Waals surface area contributed by atoms with Crippen LogP contribution in [0.5, 0.6) is 0 Å². The Morgan fingerprint density at radius 1 is 1.42 bits per heavy atom. The van der Waals surface area contributed by atoms with Crippen LogP contribution in [0.25, 0.3) is 5.65 Å². The lowest BCUT2D eigenvalue weighted by Gasteiger charge is -2.20. The van der Waals surface area contributed by atoms with Gasteiger partial charge in [0.15, 0.2) is 0 Å². The van der Waals surface area contributed by atoms with Crippen molar-refractivity contribution in [1.82, 2.24) is 14.7 Å². The van der Waals surface area contributed by atoms with Crippen molar-refractivity contribution in [2.45, 2.75) is 39.7 Å². The van der Waals surface area contributed by atoms with Crippen LogP contribution >= 0.6 is 0 Å². The molecule has 0 radical (unpaired) electrons. The first-order valence-corrected chi connectivity index (χ1v) is 6.82. The van der Waals surface area contributed by atoms with Crippen LogP contribution in [0.1, 0.15) is 32.9 Å². The Labute approximate surface area is 113 Å². The summed E-state index contributed by atoms with van der Waals surface area (Å²) < 4.78 is 1.93. The van der Waals surface area contributed by atoms with Crippen molar-refractivity contribution >= 4 is 11.6 Å². The van der Waals surface area contributed by atoms with E-state index in [9.17, 15) is 4.79 Å². The summed E-state index contributed by atoms with van der Waals surface area (Å²) >= 11 is 0. The molecule has 0 saturated carbocycles. The summed E-state index contributed by atoms with van der Waals surface area (Å²) in [5, 5.41) is 3.07. The van der Waals surface area contributed by atoms with Crippen molar-refractivity contribution in [1.29, 1.82) is 0 Å². The number of rotatable bonds is 5. The molecule has 0 saturated heterocycles. The van der Waals surface area contributed by atoms with Gasteiger partial charge in [0.25, 0.3) is 0 Å². The summed E-state index contributed by atoms with van der Waals surface area (Å²) in [6.45, 7) is 6.34. The second kappa shape index (κ2) is 5.87. The first-order chi connectivity index (χ1) is 9.10. The minimum absolute atomic E-state index is 0.0453. The quantitative estimate of drug-likeness (QED) is 0.896. The van der Waals surface area contributed by atoms with E-state index in [1.165, 1.54) is 0 Å². The highest BCUT2D eigenvalue weighted by Gasteiger charge is 2.15. The van der Waals surface area contributed by atoms with Crippen molar-refractivity contribution < 1.29 is 4.79 Å². The molecule has 4 nitrogen and oxygen atoms in total. The maximum Gasteiger partial charge on any atom is 0.226 e. The van der Waals surface area contributed by atoms with E-state index >= 15 is 0 Å². The standard InChI is InChI=1S/C15H21N3O/c1-4-13(11(2)3)17-15(19)9-12-10-18-8-6-5-7-14(18)16-12/h5-8,10-11,13H,4,9H2,1-3H3,(H,17,19). The van der Waals surface area contributed by atoms with Gasteiger partial charge in [0, 0.05) is 18.4 Å². The van der Waals surface area contributed by atoms with Crippen LogP contribution < -0.4 is 5.32 Å². The predicted molar refractivity (Wildman–Crippen MR) is 76.0 cm³/mol. The van der Waals surface area contributed by atoms with Gasteiger partial charge in [-0.2, -0.15) is 0 Å². The van der Waals surface area contributed by atoms with Crippen molar-refractivity contribution in [3.05, 3.63) is 36.3 Å². The Morgan fingerprint density at radius 3 is 2.84 bits per heavy atom. The Bertz CT molecular complexity index is 526. The third kappa shape index (κ3) is 3.34. The molecule has 4 heteroatoms. The Morgan fingerprint density at radius 2 is 2.21 bits per heavy atom. The molecule has 102 valence electrons. The van der Waals surface area contributed by atoms with E-state index in [2.05, 4.69) is 31.1 Å². The fourth-order valence-electron chi connectivity index (χ4n) is 2.23. The van der Waals surface area contributed by atoms with Gasteiger partial charge in [-0.1, -0.05) is 26.8 Å². The van der Waals surface area contributed by atoms with Gasteiger partial charge in [0.2, 0.25) is 5.91 Å². The fourth-order valence-corrected chi connectivity index (χ4v) is 2.23. The number of carbonyl (C=O) groups excluding carboxylic acids is 1. The van der Waals surface area contributed by atoms with Crippen LogP contribution in [0.3, 0.4) is 0 Å². The molecule has 0 aromatic carbocycles. The van der Waals surface area contributed by atoms with Gasteiger partial charge in [-0.3, -0.25) is 4.79 Å². The Balaban J connectivity index is 2.02. The molecule has 0 fully saturated rings. The number of pyridine rings is 1. The molecular weight excluding hydrogens is 238 g/mol. The third-order valence-electron chi connectivity index (χ3n) is 3.35. The molecule has 0 aliphatic heterocycles. The van der Waals surface area contributed by atoms with Crippen LogP contribution in [0, 0.1) is 5.92 Å². The van der Waals surface area contributed by atoms with E-state index in [0.29, 0.717) is 12.3 Å². The van der Waals surface area contributed by atoms with Gasteiger partial charge in [0.05, 0.1) is 12.1 Å². The molecule has 0 aliphatic rings. The molecule has 0 spiro atoms. The molecule has 2 aromatic rings. The average Bonchev–Trinajstić information content (AvgIpc) is 2.77. The van der Waals surface area contributed by atoms with E-state index in [1.807, 2.05) is 35.0 Å². The maximum absolute atomic E-state index is 12.0. The summed E-state index contributed by atoms with van der Waals surface area (Å²) in [5.41, 5.74) is 1.68. The molecule has 2 aromatic heterocycles. The van der Waals surface area contributed by atoms with Gasteiger partial charge in [-0.15, -0.1) is 0 Å². The lowest BCUT2D eigenvalue weighted by Crippen LogP contribution is -2.38. The third-order valence-corrected chi connectivity index (χ3v) is 3.35. The predicted octanol–water partition coefficient (Wildman–Crippen LogP) is 2.43. The maximum atomic E-state index is 12.0. The largest absolute Gasteiger partial charge is 0.353 e. The van der Waals surface area contributed by atoms with E-state index in [0.717, 1.165) is 17.8 Å². The molecule has 2 heterocycles. The zero-order chi connectivity index (χ0) is 13.8. The van der Waals surface area contributed by atoms with Gasteiger partial charge < -0.3 is 9.72 Å². The second-order valence-corrected chi connectivity index (χ2v) is 5.20. The van der Waals surface area contributed by atoms with Gasteiger partial charge in [-0.25, -0.2) is 4.98 Å². The summed E-state index contributed by atoms with van der Waals surface area (Å²) in [6, 6.07) is 6.07. The van der Waals surface area contributed by atoms with Gasteiger partial charge in [0.1, 0.15) is 5.65 Å². The minimum atomic E-state index is 0.0453. The topological polar surface area (TPSA) is 46.4 Å². The smallest absolute Gasteiger partial charge is 0.226 e. The number of nitrogens with zero attached hydrogens (tertiary/aromatic N) is 2. The lowest BCUT2D eigenvalue weighted by molar-refractivity contribution is -0.121. The first kappa shape index (κ1) is 13.6. The van der Waals surface area contributed by atoms with Crippen molar-refractivity contribution in [2.24, 2.45) is 5.92 Å². The minimum Gasteiger partial charge on any atom is -0.353 e. The number of fused-ring (bicyclic) bond motifs is 1. The van der Waals surface area contributed by atoms with E-state index in [-0.39, 0.29) is 11.9 Å². The monoisotopic (exact) mass is 259 g/mol. The molecule has 1 amide bonds. The molecule has 19 heavy (non-hydrogen) atoms. The first-order valence-electron chi connectivity index (χ1n) is 6.82. The Hall–Kier alpha value is -1.84. The van der Waals surface area contributed by atoms with Crippen molar-refractivity contribution in [3.63, 3.8) is 0 Å². The molecule has 1 unspecified atom stereocenters. The van der Waals surface area contributed by atoms with Crippen molar-refractivity contribution in [2.75, 3.05) is 0 Å². The van der Waals surface area contributed by atoms with E-state index in [4.69, 9.17) is 0 Å². The van der Waals surface area contributed by atoms with Crippen LogP contribution in [-0.2, 0) is 11.2 Å². The summed E-state index contributed by atoms with van der Waals surface area (Å²) in [7, 11) is 0. The highest BCUT2D eigenvalue weighted by molar-refractivity contribution is 5.78. The zero-order valence-electron chi connectivity index (χ0n) is 11.8. The molecular formula is C15H21N3O.